The Morgan fingerprint density at radius 1 is 1.00 bits per heavy atom. The van der Waals surface area contributed by atoms with Crippen molar-refractivity contribution in [2.45, 2.75) is 58.8 Å². The van der Waals surface area contributed by atoms with Gasteiger partial charge < -0.3 is 9.47 Å². The van der Waals surface area contributed by atoms with Crippen molar-refractivity contribution in [3.8, 4) is 5.75 Å². The zero-order valence-corrected chi connectivity index (χ0v) is 17.8. The van der Waals surface area contributed by atoms with Gasteiger partial charge >= 0.3 is 6.16 Å². The van der Waals surface area contributed by atoms with Gasteiger partial charge in [0, 0.05) is 0 Å². The molecule has 2 aromatic rings. The van der Waals surface area contributed by atoms with E-state index in [9.17, 15) is 4.79 Å². The van der Waals surface area contributed by atoms with Crippen LogP contribution in [0.1, 0.15) is 70.2 Å². The van der Waals surface area contributed by atoms with Crippen LogP contribution in [0.5, 0.6) is 5.75 Å². The molecule has 0 unspecified atom stereocenters. The number of carbonyl (C=O) groups is 1. The molecule has 1 aliphatic carbocycles. The van der Waals surface area contributed by atoms with Gasteiger partial charge in [-0.1, -0.05) is 64.1 Å². The van der Waals surface area contributed by atoms with Gasteiger partial charge in [0.2, 0.25) is 0 Å². The molecule has 2 aromatic carbocycles. The lowest BCUT2D eigenvalue weighted by Gasteiger charge is -2.22. The van der Waals surface area contributed by atoms with Gasteiger partial charge in [-0.15, -0.1) is 0 Å². The number of benzene rings is 2. The fourth-order valence-electron chi connectivity index (χ4n) is 4.44. The van der Waals surface area contributed by atoms with Gasteiger partial charge in [0.25, 0.3) is 0 Å². The molecule has 3 heteroatoms. The lowest BCUT2D eigenvalue weighted by molar-refractivity contribution is 0.104. The highest BCUT2D eigenvalue weighted by Gasteiger charge is 2.41. The second-order valence-corrected chi connectivity index (χ2v) is 8.89. The summed E-state index contributed by atoms with van der Waals surface area (Å²) in [5, 5.41) is 0. The number of ether oxygens (including phenoxy) is 2. The van der Waals surface area contributed by atoms with Crippen molar-refractivity contribution in [3.63, 3.8) is 0 Å². The van der Waals surface area contributed by atoms with Crippen LogP contribution in [0.2, 0.25) is 0 Å². The average molecular weight is 379 g/mol. The van der Waals surface area contributed by atoms with Crippen LogP contribution in [0, 0.1) is 0 Å². The molecule has 28 heavy (non-hydrogen) atoms. The monoisotopic (exact) mass is 378 g/mol. The SMILES string of the molecule is CCOC(=O)Oc1ccc(C=C(C)c2ccc3c(c2)C(C)(C)CC3(C)C)cc1. The number of allylic oxidation sites excluding steroid dienone is 1. The van der Waals surface area contributed by atoms with E-state index >= 15 is 0 Å². The molecular weight excluding hydrogens is 348 g/mol. The Labute approximate surface area is 168 Å². The van der Waals surface area contributed by atoms with Crippen LogP contribution in [0.25, 0.3) is 11.6 Å². The molecule has 0 bridgehead atoms. The van der Waals surface area contributed by atoms with Crippen LogP contribution in [0.4, 0.5) is 4.79 Å². The highest BCUT2D eigenvalue weighted by Crippen LogP contribution is 2.49. The molecule has 1 aliphatic rings. The predicted molar refractivity (Wildman–Crippen MR) is 115 cm³/mol. The predicted octanol–water partition coefficient (Wildman–Crippen LogP) is 6.74. The van der Waals surface area contributed by atoms with Crippen molar-refractivity contribution in [3.05, 3.63) is 64.7 Å². The van der Waals surface area contributed by atoms with Crippen molar-refractivity contribution in [2.24, 2.45) is 0 Å². The Hall–Kier alpha value is -2.55. The zero-order chi connectivity index (χ0) is 20.5. The summed E-state index contributed by atoms with van der Waals surface area (Å²) in [6.45, 7) is 13.5. The third kappa shape index (κ3) is 4.14. The van der Waals surface area contributed by atoms with Crippen LogP contribution in [-0.2, 0) is 15.6 Å². The van der Waals surface area contributed by atoms with E-state index in [0.717, 1.165) is 5.56 Å². The molecule has 0 N–H and O–H groups in total. The lowest BCUT2D eigenvalue weighted by atomic mass is 9.82. The molecule has 0 radical (unpaired) electrons. The maximum Gasteiger partial charge on any atom is 0.513 e. The number of rotatable bonds is 4. The van der Waals surface area contributed by atoms with Crippen LogP contribution in [-0.4, -0.2) is 12.8 Å². The highest BCUT2D eigenvalue weighted by atomic mass is 16.7. The van der Waals surface area contributed by atoms with E-state index in [4.69, 9.17) is 9.47 Å². The summed E-state index contributed by atoms with van der Waals surface area (Å²) in [5.74, 6) is 0.481. The van der Waals surface area contributed by atoms with Gasteiger partial charge in [0.05, 0.1) is 6.61 Å². The molecule has 0 saturated heterocycles. The van der Waals surface area contributed by atoms with E-state index in [1.54, 1.807) is 19.1 Å². The fraction of sp³-hybridized carbons (Fsp3) is 0.400. The molecule has 0 aliphatic heterocycles. The van der Waals surface area contributed by atoms with Gasteiger partial charge in [0.15, 0.2) is 0 Å². The first-order valence-corrected chi connectivity index (χ1v) is 9.91. The van der Waals surface area contributed by atoms with Gasteiger partial charge in [-0.25, -0.2) is 4.79 Å². The van der Waals surface area contributed by atoms with Crippen molar-refractivity contribution in [1.29, 1.82) is 0 Å². The fourth-order valence-corrected chi connectivity index (χ4v) is 4.44. The zero-order valence-electron chi connectivity index (χ0n) is 17.8. The summed E-state index contributed by atoms with van der Waals surface area (Å²) in [4.78, 5) is 11.4. The molecule has 0 heterocycles. The van der Waals surface area contributed by atoms with E-state index in [1.807, 2.05) is 12.1 Å². The minimum atomic E-state index is -0.675. The van der Waals surface area contributed by atoms with Crippen molar-refractivity contribution >= 4 is 17.8 Å². The van der Waals surface area contributed by atoms with Crippen molar-refractivity contribution in [1.82, 2.24) is 0 Å². The second-order valence-electron chi connectivity index (χ2n) is 8.89. The Bertz CT molecular complexity index is 902. The molecule has 0 amide bonds. The minimum Gasteiger partial charge on any atom is -0.434 e. The molecule has 148 valence electrons. The first kappa shape index (κ1) is 20.2. The Morgan fingerprint density at radius 3 is 2.29 bits per heavy atom. The van der Waals surface area contributed by atoms with Gasteiger partial charge in [-0.05, 0) is 71.1 Å². The summed E-state index contributed by atoms with van der Waals surface area (Å²) in [7, 11) is 0. The average Bonchev–Trinajstić information content (AvgIpc) is 2.81. The smallest absolute Gasteiger partial charge is 0.434 e. The summed E-state index contributed by atoms with van der Waals surface area (Å²) in [6, 6.07) is 14.3. The second kappa shape index (κ2) is 7.46. The summed E-state index contributed by atoms with van der Waals surface area (Å²) < 4.78 is 9.90. The van der Waals surface area contributed by atoms with E-state index in [-0.39, 0.29) is 10.8 Å². The molecule has 0 aromatic heterocycles. The maximum absolute atomic E-state index is 11.4. The molecule has 3 nitrogen and oxygen atoms in total. The topological polar surface area (TPSA) is 35.5 Å². The number of hydrogen-bond donors (Lipinski definition) is 0. The van der Waals surface area contributed by atoms with Crippen molar-refractivity contribution < 1.29 is 14.3 Å². The Kier molecular flexibility index (Phi) is 5.38. The normalized spacial score (nSPS) is 17.1. The van der Waals surface area contributed by atoms with Gasteiger partial charge in [-0.3, -0.25) is 0 Å². The van der Waals surface area contributed by atoms with Crippen molar-refractivity contribution in [2.75, 3.05) is 6.61 Å². The summed E-state index contributed by atoms with van der Waals surface area (Å²) in [5.41, 5.74) is 6.87. The minimum absolute atomic E-state index is 0.196. The van der Waals surface area contributed by atoms with E-state index in [0.29, 0.717) is 12.4 Å². The summed E-state index contributed by atoms with van der Waals surface area (Å²) >= 11 is 0. The maximum atomic E-state index is 11.4. The molecule has 0 saturated carbocycles. The quantitative estimate of drug-likeness (QED) is 0.336. The molecule has 3 rings (SSSR count). The van der Waals surface area contributed by atoms with Crippen LogP contribution < -0.4 is 4.74 Å². The van der Waals surface area contributed by atoms with Gasteiger partial charge in [-0.2, -0.15) is 0 Å². The number of hydrogen-bond acceptors (Lipinski definition) is 3. The largest absolute Gasteiger partial charge is 0.513 e. The molecule has 0 fully saturated rings. The lowest BCUT2D eigenvalue weighted by Crippen LogP contribution is -2.17. The molecular formula is C25H30O3. The Balaban J connectivity index is 1.82. The third-order valence-corrected chi connectivity index (χ3v) is 5.54. The standard InChI is InChI=1S/C25H30O3/c1-7-27-23(26)28-20-11-8-18(9-12-20)14-17(2)19-10-13-21-22(15-19)25(5,6)16-24(21,3)4/h8-15H,7,16H2,1-6H3. The first-order valence-electron chi connectivity index (χ1n) is 9.91. The number of fused-ring (bicyclic) bond motifs is 1. The highest BCUT2D eigenvalue weighted by molar-refractivity contribution is 5.81. The molecule has 0 spiro atoms. The van der Waals surface area contributed by atoms with Crippen LogP contribution in [0.3, 0.4) is 0 Å². The van der Waals surface area contributed by atoms with Crippen LogP contribution in [0.15, 0.2) is 42.5 Å². The van der Waals surface area contributed by atoms with E-state index in [1.165, 1.54) is 28.7 Å². The van der Waals surface area contributed by atoms with Gasteiger partial charge in [0.1, 0.15) is 5.75 Å². The van der Waals surface area contributed by atoms with E-state index < -0.39 is 6.16 Å². The molecule has 0 atom stereocenters. The summed E-state index contributed by atoms with van der Waals surface area (Å²) in [6.07, 6.45) is 2.65. The van der Waals surface area contributed by atoms with E-state index in [2.05, 4.69) is 58.9 Å². The first-order chi connectivity index (χ1) is 13.1. The third-order valence-electron chi connectivity index (χ3n) is 5.54. The van der Waals surface area contributed by atoms with Crippen LogP contribution >= 0.6 is 0 Å². The number of carbonyl (C=O) groups excluding carboxylic acids is 1. The Morgan fingerprint density at radius 2 is 1.64 bits per heavy atom.